The van der Waals surface area contributed by atoms with E-state index in [1.54, 1.807) is 0 Å². The van der Waals surface area contributed by atoms with Crippen molar-refractivity contribution < 1.29 is 0 Å². The first kappa shape index (κ1) is 9.27. The van der Waals surface area contributed by atoms with Gasteiger partial charge in [-0.25, -0.2) is 0 Å². The summed E-state index contributed by atoms with van der Waals surface area (Å²) in [6.07, 6.45) is 0. The van der Waals surface area contributed by atoms with Crippen LogP contribution in [0.3, 0.4) is 0 Å². The van der Waals surface area contributed by atoms with Crippen molar-refractivity contribution in [1.29, 1.82) is 0 Å². The molecular formula is Ge2SSe. The average molecular weight is 256 g/mol. The molecular weight excluding hydrogens is 256 g/mol. The van der Waals surface area contributed by atoms with Gasteiger partial charge < -0.3 is 0 Å². The summed E-state index contributed by atoms with van der Waals surface area (Å²) in [5.74, 6) is 0. The Morgan fingerprint density at radius 2 is 1.75 bits per heavy atom. The molecule has 4 heavy (non-hydrogen) atoms. The van der Waals surface area contributed by atoms with Crippen molar-refractivity contribution in [2.24, 2.45) is 0 Å². The molecule has 0 saturated carbocycles. The second-order valence-corrected chi connectivity index (χ2v) is 6.75. The first-order chi connectivity index (χ1) is 1.41. The van der Waals surface area contributed by atoms with Gasteiger partial charge in [0.1, 0.15) is 0 Å². The Bertz CT molecular complexity index is 27.0. The molecule has 0 spiro atoms. The first-order valence-electron chi connectivity index (χ1n) is 0.408. The molecule has 0 rings (SSSR count). The van der Waals surface area contributed by atoms with E-state index in [4.69, 9.17) is 0 Å². The quantitative estimate of drug-likeness (QED) is 0.527. The van der Waals surface area contributed by atoms with Crippen LogP contribution in [0.15, 0.2) is 0 Å². The molecule has 0 unspecified atom stereocenters. The summed E-state index contributed by atoms with van der Waals surface area (Å²) < 4.78 is 0. The van der Waals surface area contributed by atoms with Gasteiger partial charge in [-0.2, -0.15) is 0 Å². The Kier molecular flexibility index (Phi) is 20.5. The summed E-state index contributed by atoms with van der Waals surface area (Å²) >= 11 is 2.70. The van der Waals surface area contributed by atoms with Gasteiger partial charge in [0.2, 0.25) is 0 Å². The molecule has 0 aliphatic rings. The van der Waals surface area contributed by atoms with Crippen molar-refractivity contribution in [2.75, 3.05) is 0 Å². The fraction of sp³-hybridized carbons (Fsp3) is 0. The zero-order valence-electron chi connectivity index (χ0n) is 1.82. The fourth-order valence-corrected chi connectivity index (χ4v) is 0. The topological polar surface area (TPSA) is 0 Å². The van der Waals surface area contributed by atoms with Crippen LogP contribution in [0.1, 0.15) is 0 Å². The Morgan fingerprint density at radius 1 is 1.75 bits per heavy atom. The molecule has 0 fully saturated rings. The van der Waals surface area contributed by atoms with E-state index in [0.717, 1.165) is 0 Å². The van der Waals surface area contributed by atoms with Crippen LogP contribution in [-0.4, -0.2) is 42.5 Å². The van der Waals surface area contributed by atoms with Gasteiger partial charge in [-0.1, -0.05) is 0 Å². The third-order valence-electron chi connectivity index (χ3n) is 0. The van der Waals surface area contributed by atoms with Crippen LogP contribution in [0.5, 0.6) is 0 Å². The molecule has 0 atom stereocenters. The van der Waals surface area contributed by atoms with Gasteiger partial charge in [0.25, 0.3) is 0 Å². The van der Waals surface area contributed by atoms with Gasteiger partial charge in [-0.3, -0.25) is 0 Å². The van der Waals surface area contributed by atoms with Crippen LogP contribution in [-0.2, 0) is 0 Å². The number of rotatable bonds is 0. The van der Waals surface area contributed by atoms with Crippen LogP contribution in [0.2, 0.25) is 0 Å². The fourth-order valence-electron chi connectivity index (χ4n) is 0. The molecule has 0 aromatic carbocycles. The first-order valence-corrected chi connectivity index (χ1v) is 8.69. The van der Waals surface area contributed by atoms with E-state index >= 15 is 0 Å². The molecule has 0 aliphatic carbocycles. The van der Waals surface area contributed by atoms with Gasteiger partial charge in [-0.15, -0.1) is 0 Å². The minimum absolute atomic E-state index is 0. The van der Waals surface area contributed by atoms with Gasteiger partial charge >= 0.3 is 35.4 Å². The number of hydrogen-bond donors (Lipinski definition) is 0. The average Bonchev–Trinajstić information content (AvgIpc) is 0.918. The predicted molar refractivity (Wildman–Crippen MR) is 24.9 cm³/mol. The molecule has 0 nitrogen and oxygen atoms in total. The summed E-state index contributed by atoms with van der Waals surface area (Å²) in [5, 5.41) is 0. The molecule has 0 heterocycles. The van der Waals surface area contributed by atoms with Gasteiger partial charge in [0, 0.05) is 17.6 Å². The van der Waals surface area contributed by atoms with E-state index in [9.17, 15) is 0 Å². The molecule has 4 heteroatoms. The van der Waals surface area contributed by atoms with Crippen LogP contribution < -0.4 is 0 Å². The summed E-state index contributed by atoms with van der Waals surface area (Å²) in [6.45, 7) is 0. The normalized spacial score (nSPS) is 2.00. The molecule has 0 bridgehead atoms. The van der Waals surface area contributed by atoms with Crippen molar-refractivity contribution in [2.45, 2.75) is 0 Å². The SMILES string of the molecule is [Ge].[S]=[Ge]=[Se]. The molecule has 0 aromatic heterocycles. The van der Waals surface area contributed by atoms with Gasteiger partial charge in [0.05, 0.1) is 0 Å². The Morgan fingerprint density at radius 3 is 1.75 bits per heavy atom. The van der Waals surface area contributed by atoms with E-state index in [2.05, 4.69) is 24.0 Å². The van der Waals surface area contributed by atoms with Crippen molar-refractivity contribution in [3.8, 4) is 0 Å². The molecule has 0 N–H and O–H groups in total. The van der Waals surface area contributed by atoms with Crippen molar-refractivity contribution in [1.82, 2.24) is 0 Å². The Hall–Kier alpha value is 1.83. The molecule has 0 aromatic rings. The third-order valence-corrected chi connectivity index (χ3v) is 0. The summed E-state index contributed by atoms with van der Waals surface area (Å²) in [6, 6.07) is 0. The predicted octanol–water partition coefficient (Wildman–Crippen LogP) is -0.494. The second kappa shape index (κ2) is 8.85. The summed E-state index contributed by atoms with van der Waals surface area (Å²) in [4.78, 5) is 0. The van der Waals surface area contributed by atoms with Crippen LogP contribution in [0.4, 0.5) is 0 Å². The van der Waals surface area contributed by atoms with E-state index in [1.807, 2.05) is 0 Å². The van der Waals surface area contributed by atoms with Crippen LogP contribution >= 0.6 is 10.5 Å². The van der Waals surface area contributed by atoms with Gasteiger partial charge in [0.15, 0.2) is 0 Å². The van der Waals surface area contributed by atoms with Crippen molar-refractivity contribution in [3.05, 3.63) is 0 Å². The zero-order chi connectivity index (χ0) is 2.71. The second-order valence-electron chi connectivity index (χ2n) is 0.0833. The van der Waals surface area contributed by atoms with E-state index in [-0.39, 0.29) is 29.0 Å². The minimum atomic E-state index is -0.0417. The van der Waals surface area contributed by atoms with Gasteiger partial charge in [-0.05, 0) is 0 Å². The summed E-state index contributed by atoms with van der Waals surface area (Å²) in [7, 11) is 4.46. The zero-order valence-corrected chi connectivity index (χ0v) is 8.54. The van der Waals surface area contributed by atoms with Crippen molar-refractivity contribution >= 4 is 53.0 Å². The summed E-state index contributed by atoms with van der Waals surface area (Å²) in [5.41, 5.74) is 0. The third kappa shape index (κ3) is 9.16. The maximum atomic E-state index is 4.46. The number of hydrogen-bond acceptors (Lipinski definition) is 1. The molecule has 20 valence electrons. The molecule has 4 radical (unpaired) electrons. The van der Waals surface area contributed by atoms with Crippen LogP contribution in [0.25, 0.3) is 0 Å². The Labute approximate surface area is 52.6 Å². The van der Waals surface area contributed by atoms with Crippen LogP contribution in [0, 0.1) is 0 Å². The maximum absolute atomic E-state index is 4.46. The van der Waals surface area contributed by atoms with E-state index in [0.29, 0.717) is 0 Å². The van der Waals surface area contributed by atoms with Crippen molar-refractivity contribution in [3.63, 3.8) is 0 Å². The standard InChI is InChI=1S/GeSSe.Ge/c2-1-3;. The molecule has 0 saturated heterocycles. The monoisotopic (exact) mass is 260 g/mol. The van der Waals surface area contributed by atoms with E-state index in [1.165, 1.54) is 0 Å². The van der Waals surface area contributed by atoms with E-state index < -0.39 is 0 Å². The molecule has 0 amide bonds. The molecule has 0 aliphatic heterocycles. The Balaban J connectivity index is 0.